The Labute approximate surface area is 111 Å². The number of aromatic nitrogens is 1. The van der Waals surface area contributed by atoms with Gasteiger partial charge in [0.25, 0.3) is 5.56 Å². The number of aliphatic hydroxyl groups excluding tert-OH is 1. The van der Waals surface area contributed by atoms with Gasteiger partial charge in [-0.05, 0) is 30.7 Å². The van der Waals surface area contributed by atoms with Crippen molar-refractivity contribution in [2.45, 2.75) is 19.6 Å². The molecule has 0 aliphatic rings. The van der Waals surface area contributed by atoms with Crippen molar-refractivity contribution in [1.29, 1.82) is 0 Å². The van der Waals surface area contributed by atoms with Gasteiger partial charge < -0.3 is 14.4 Å². The SMILES string of the molecule is C[C@@H](O)c1ccc(OCCn2ccccc2=O)cc1. The van der Waals surface area contributed by atoms with E-state index in [1.807, 2.05) is 30.3 Å². The van der Waals surface area contributed by atoms with E-state index in [-0.39, 0.29) is 5.56 Å². The summed E-state index contributed by atoms with van der Waals surface area (Å²) in [5.41, 5.74) is 0.821. The molecule has 100 valence electrons. The largest absolute Gasteiger partial charge is 0.492 e. The van der Waals surface area contributed by atoms with E-state index in [1.165, 1.54) is 6.07 Å². The topological polar surface area (TPSA) is 51.5 Å². The summed E-state index contributed by atoms with van der Waals surface area (Å²) in [6, 6.07) is 12.3. The highest BCUT2D eigenvalue weighted by molar-refractivity contribution is 5.28. The van der Waals surface area contributed by atoms with Crippen molar-refractivity contribution in [1.82, 2.24) is 4.57 Å². The van der Waals surface area contributed by atoms with Crippen LogP contribution in [0, 0.1) is 0 Å². The van der Waals surface area contributed by atoms with Crippen LogP contribution in [0.4, 0.5) is 0 Å². The fraction of sp³-hybridized carbons (Fsp3) is 0.267. The van der Waals surface area contributed by atoms with Crippen molar-refractivity contribution in [3.63, 3.8) is 0 Å². The first-order valence-corrected chi connectivity index (χ1v) is 6.23. The lowest BCUT2D eigenvalue weighted by atomic mass is 10.1. The van der Waals surface area contributed by atoms with Crippen LogP contribution in [0.25, 0.3) is 0 Å². The molecule has 0 bridgehead atoms. The van der Waals surface area contributed by atoms with Crippen molar-refractivity contribution in [3.8, 4) is 5.75 Å². The van der Waals surface area contributed by atoms with Crippen LogP contribution in [0.5, 0.6) is 5.75 Å². The molecule has 0 aliphatic heterocycles. The molecule has 1 aromatic carbocycles. The summed E-state index contributed by atoms with van der Waals surface area (Å²) in [5.74, 6) is 0.730. The number of ether oxygens (including phenoxy) is 1. The highest BCUT2D eigenvalue weighted by Gasteiger charge is 2.01. The van der Waals surface area contributed by atoms with E-state index in [2.05, 4.69) is 0 Å². The molecule has 0 saturated carbocycles. The maximum Gasteiger partial charge on any atom is 0.250 e. The quantitative estimate of drug-likeness (QED) is 0.893. The van der Waals surface area contributed by atoms with Crippen LogP contribution < -0.4 is 10.3 Å². The third-order valence-corrected chi connectivity index (χ3v) is 2.86. The Kier molecular flexibility index (Phi) is 4.36. The number of benzene rings is 1. The predicted molar refractivity (Wildman–Crippen MR) is 73.3 cm³/mol. The average molecular weight is 259 g/mol. The van der Waals surface area contributed by atoms with Crippen molar-refractivity contribution in [2.75, 3.05) is 6.61 Å². The molecule has 0 radical (unpaired) electrons. The van der Waals surface area contributed by atoms with Crippen LogP contribution in [0.3, 0.4) is 0 Å². The normalized spacial score (nSPS) is 12.1. The molecule has 4 nitrogen and oxygen atoms in total. The lowest BCUT2D eigenvalue weighted by Gasteiger charge is -2.09. The van der Waals surface area contributed by atoms with Crippen LogP contribution in [-0.2, 0) is 6.54 Å². The van der Waals surface area contributed by atoms with Crippen molar-refractivity contribution in [2.24, 2.45) is 0 Å². The zero-order valence-electron chi connectivity index (χ0n) is 10.8. The molecule has 1 heterocycles. The van der Waals surface area contributed by atoms with Gasteiger partial charge in [0.05, 0.1) is 12.6 Å². The molecule has 1 aromatic heterocycles. The predicted octanol–water partition coefficient (Wildman–Crippen LogP) is 1.98. The van der Waals surface area contributed by atoms with Crippen LogP contribution >= 0.6 is 0 Å². The minimum atomic E-state index is -0.475. The maximum atomic E-state index is 11.5. The molecule has 2 aromatic rings. The Morgan fingerprint density at radius 2 is 1.95 bits per heavy atom. The Balaban J connectivity index is 1.89. The molecule has 1 N–H and O–H groups in total. The lowest BCUT2D eigenvalue weighted by Crippen LogP contribution is -2.21. The van der Waals surface area contributed by atoms with E-state index in [4.69, 9.17) is 4.74 Å². The summed E-state index contributed by atoms with van der Waals surface area (Å²) in [5, 5.41) is 9.39. The molecule has 19 heavy (non-hydrogen) atoms. The van der Waals surface area contributed by atoms with Gasteiger partial charge in [-0.2, -0.15) is 0 Å². The van der Waals surface area contributed by atoms with Gasteiger partial charge in [-0.25, -0.2) is 0 Å². The zero-order valence-corrected chi connectivity index (χ0v) is 10.8. The van der Waals surface area contributed by atoms with Gasteiger partial charge >= 0.3 is 0 Å². The van der Waals surface area contributed by atoms with Gasteiger partial charge in [-0.1, -0.05) is 18.2 Å². The second-order valence-electron chi connectivity index (χ2n) is 4.33. The summed E-state index contributed by atoms with van der Waals surface area (Å²) in [4.78, 5) is 11.5. The van der Waals surface area contributed by atoms with Gasteiger partial charge in [0.1, 0.15) is 12.4 Å². The third-order valence-electron chi connectivity index (χ3n) is 2.86. The van der Waals surface area contributed by atoms with Crippen molar-refractivity contribution in [3.05, 3.63) is 64.6 Å². The second-order valence-corrected chi connectivity index (χ2v) is 4.33. The molecular formula is C15H17NO3. The third kappa shape index (κ3) is 3.69. The van der Waals surface area contributed by atoms with Crippen LogP contribution in [0.2, 0.25) is 0 Å². The van der Waals surface area contributed by atoms with Gasteiger partial charge in [-0.15, -0.1) is 0 Å². The molecule has 0 aliphatic carbocycles. The highest BCUT2D eigenvalue weighted by Crippen LogP contribution is 2.17. The summed E-state index contributed by atoms with van der Waals surface area (Å²) in [6.07, 6.45) is 1.26. The van der Waals surface area contributed by atoms with Gasteiger partial charge in [0, 0.05) is 12.3 Å². The first-order valence-electron chi connectivity index (χ1n) is 6.23. The Morgan fingerprint density at radius 3 is 2.58 bits per heavy atom. The average Bonchev–Trinajstić information content (AvgIpc) is 2.41. The van der Waals surface area contributed by atoms with Gasteiger partial charge in [0.15, 0.2) is 0 Å². The minimum absolute atomic E-state index is 0.0319. The van der Waals surface area contributed by atoms with Crippen molar-refractivity contribution >= 4 is 0 Å². The van der Waals surface area contributed by atoms with Crippen LogP contribution in [0.1, 0.15) is 18.6 Å². The number of aliphatic hydroxyl groups is 1. The number of nitrogens with zero attached hydrogens (tertiary/aromatic N) is 1. The Bertz CT molecular complexity index is 572. The van der Waals surface area contributed by atoms with Gasteiger partial charge in [0.2, 0.25) is 0 Å². The summed E-state index contributed by atoms with van der Waals surface area (Å²) in [7, 11) is 0. The molecule has 0 spiro atoms. The minimum Gasteiger partial charge on any atom is -0.492 e. The van der Waals surface area contributed by atoms with E-state index in [1.54, 1.807) is 23.8 Å². The molecule has 0 saturated heterocycles. The van der Waals surface area contributed by atoms with Crippen LogP contribution in [0.15, 0.2) is 53.5 Å². The molecular weight excluding hydrogens is 242 g/mol. The monoisotopic (exact) mass is 259 g/mol. The number of hydrogen-bond acceptors (Lipinski definition) is 3. The fourth-order valence-electron chi connectivity index (χ4n) is 1.75. The molecule has 1 atom stereocenters. The Hall–Kier alpha value is -2.07. The summed E-state index contributed by atoms with van der Waals surface area (Å²) < 4.78 is 7.16. The summed E-state index contributed by atoms with van der Waals surface area (Å²) in [6.45, 7) is 2.66. The standard InChI is InChI=1S/C15H17NO3/c1-12(17)13-5-7-14(8-6-13)19-11-10-16-9-3-2-4-15(16)18/h2-9,12,17H,10-11H2,1H3/t12-/m1/s1. The number of rotatable bonds is 5. The molecule has 0 fully saturated rings. The smallest absolute Gasteiger partial charge is 0.250 e. The van der Waals surface area contributed by atoms with Crippen molar-refractivity contribution < 1.29 is 9.84 Å². The lowest BCUT2D eigenvalue weighted by molar-refractivity contribution is 0.199. The molecule has 0 unspecified atom stereocenters. The first-order chi connectivity index (χ1) is 9.16. The van der Waals surface area contributed by atoms with E-state index >= 15 is 0 Å². The molecule has 0 amide bonds. The van der Waals surface area contributed by atoms with E-state index in [0.29, 0.717) is 13.2 Å². The number of pyridine rings is 1. The van der Waals surface area contributed by atoms with E-state index < -0.39 is 6.10 Å². The Morgan fingerprint density at radius 1 is 1.21 bits per heavy atom. The highest BCUT2D eigenvalue weighted by atomic mass is 16.5. The second kappa shape index (κ2) is 6.20. The molecule has 4 heteroatoms. The van der Waals surface area contributed by atoms with E-state index in [9.17, 15) is 9.90 Å². The zero-order chi connectivity index (χ0) is 13.7. The maximum absolute atomic E-state index is 11.5. The van der Waals surface area contributed by atoms with Gasteiger partial charge in [-0.3, -0.25) is 4.79 Å². The first kappa shape index (κ1) is 13.4. The van der Waals surface area contributed by atoms with E-state index in [0.717, 1.165) is 11.3 Å². The van der Waals surface area contributed by atoms with Crippen LogP contribution in [-0.4, -0.2) is 16.3 Å². The fourth-order valence-corrected chi connectivity index (χ4v) is 1.75. The number of hydrogen-bond donors (Lipinski definition) is 1. The summed E-state index contributed by atoms with van der Waals surface area (Å²) >= 11 is 0. The molecule has 2 rings (SSSR count).